The number of rotatable bonds is 7. The van der Waals surface area contributed by atoms with Gasteiger partial charge in [-0.2, -0.15) is 5.10 Å². The van der Waals surface area contributed by atoms with Gasteiger partial charge in [-0.05, 0) is 29.3 Å². The van der Waals surface area contributed by atoms with Crippen LogP contribution in [-0.4, -0.2) is 48.1 Å². The van der Waals surface area contributed by atoms with Crippen molar-refractivity contribution in [1.82, 2.24) is 15.2 Å². The van der Waals surface area contributed by atoms with E-state index in [-0.39, 0.29) is 11.7 Å². The molecule has 1 amide bonds. The van der Waals surface area contributed by atoms with Gasteiger partial charge in [0.2, 0.25) is 0 Å². The third kappa shape index (κ3) is 6.09. The van der Waals surface area contributed by atoms with Crippen LogP contribution in [0.4, 0.5) is 4.39 Å². The molecule has 0 aliphatic carbocycles. The maximum atomic E-state index is 13.6. The molecule has 1 aliphatic heterocycles. The summed E-state index contributed by atoms with van der Waals surface area (Å²) in [5.41, 5.74) is 5.82. The summed E-state index contributed by atoms with van der Waals surface area (Å²) in [6.07, 6.45) is 1.30. The van der Waals surface area contributed by atoms with Gasteiger partial charge in [-0.1, -0.05) is 60.7 Å². The minimum absolute atomic E-state index is 0.321. The number of hydrogen-bond donors (Lipinski definition) is 1. The first-order chi connectivity index (χ1) is 15.7. The second-order valence-corrected chi connectivity index (χ2v) is 7.96. The van der Waals surface area contributed by atoms with Crippen LogP contribution < -0.4 is 5.43 Å². The summed E-state index contributed by atoms with van der Waals surface area (Å²) in [6, 6.07) is 24.4. The maximum Gasteiger partial charge on any atom is 0.271 e. The summed E-state index contributed by atoms with van der Waals surface area (Å²) in [7, 11) is 0. The van der Waals surface area contributed by atoms with Gasteiger partial charge >= 0.3 is 0 Å². The monoisotopic (exact) mass is 430 g/mol. The zero-order valence-electron chi connectivity index (χ0n) is 18.0. The number of carbonyl (C=O) groups is 1. The first kappa shape index (κ1) is 21.9. The van der Waals surface area contributed by atoms with E-state index in [2.05, 4.69) is 50.7 Å². The van der Waals surface area contributed by atoms with Crippen LogP contribution in [0.1, 0.15) is 27.0 Å². The van der Waals surface area contributed by atoms with Crippen molar-refractivity contribution in [2.75, 3.05) is 26.2 Å². The first-order valence-electron chi connectivity index (χ1n) is 10.8. The average molecular weight is 431 g/mol. The summed E-state index contributed by atoms with van der Waals surface area (Å²) in [6.45, 7) is 6.02. The van der Waals surface area contributed by atoms with Crippen LogP contribution >= 0.6 is 0 Å². The van der Waals surface area contributed by atoms with Gasteiger partial charge in [0, 0.05) is 50.4 Å². The lowest BCUT2D eigenvalue weighted by atomic mass is 10.1. The molecule has 3 aromatic rings. The summed E-state index contributed by atoms with van der Waals surface area (Å²) >= 11 is 0. The lowest BCUT2D eigenvalue weighted by Crippen LogP contribution is -2.45. The van der Waals surface area contributed by atoms with Crippen molar-refractivity contribution in [3.8, 4) is 0 Å². The number of halogens is 1. The van der Waals surface area contributed by atoms with E-state index in [1.54, 1.807) is 30.3 Å². The molecule has 1 fully saturated rings. The van der Waals surface area contributed by atoms with Crippen LogP contribution in [0, 0.1) is 5.82 Å². The van der Waals surface area contributed by atoms with Crippen molar-refractivity contribution in [1.29, 1.82) is 0 Å². The normalized spacial score (nSPS) is 15.2. The van der Waals surface area contributed by atoms with Gasteiger partial charge in [0.1, 0.15) is 5.82 Å². The van der Waals surface area contributed by atoms with E-state index in [0.29, 0.717) is 11.1 Å². The van der Waals surface area contributed by atoms with E-state index in [4.69, 9.17) is 0 Å². The van der Waals surface area contributed by atoms with E-state index in [1.807, 2.05) is 12.1 Å². The summed E-state index contributed by atoms with van der Waals surface area (Å²) < 4.78 is 13.6. The Morgan fingerprint density at radius 2 is 1.38 bits per heavy atom. The molecule has 0 saturated carbocycles. The molecule has 0 bridgehead atoms. The summed E-state index contributed by atoms with van der Waals surface area (Å²) in [5, 5.41) is 3.85. The van der Waals surface area contributed by atoms with Gasteiger partial charge in [-0.3, -0.25) is 14.6 Å². The lowest BCUT2D eigenvalue weighted by Gasteiger charge is -2.34. The lowest BCUT2D eigenvalue weighted by molar-refractivity contribution is 0.0955. The molecule has 4 rings (SSSR count). The number of carbonyl (C=O) groups excluding carboxylic acids is 1. The van der Waals surface area contributed by atoms with Gasteiger partial charge in [-0.25, -0.2) is 9.82 Å². The Bertz CT molecular complexity index is 1040. The Morgan fingerprint density at radius 1 is 0.812 bits per heavy atom. The number of nitrogens with one attached hydrogen (secondary N) is 1. The van der Waals surface area contributed by atoms with Crippen molar-refractivity contribution >= 4 is 12.1 Å². The fourth-order valence-corrected chi connectivity index (χ4v) is 3.77. The number of hydrazone groups is 1. The molecule has 5 nitrogen and oxygen atoms in total. The highest BCUT2D eigenvalue weighted by atomic mass is 19.1. The Balaban J connectivity index is 1.23. The van der Waals surface area contributed by atoms with Crippen molar-refractivity contribution in [3.05, 3.63) is 107 Å². The molecular formula is C26H27FN4O. The maximum absolute atomic E-state index is 13.6. The van der Waals surface area contributed by atoms with E-state index >= 15 is 0 Å². The molecule has 1 saturated heterocycles. The van der Waals surface area contributed by atoms with Gasteiger partial charge in [0.15, 0.2) is 0 Å². The largest absolute Gasteiger partial charge is 0.297 e. The topological polar surface area (TPSA) is 47.9 Å². The fraction of sp³-hybridized carbons (Fsp3) is 0.231. The molecule has 3 aromatic carbocycles. The second kappa shape index (κ2) is 10.8. The average Bonchev–Trinajstić information content (AvgIpc) is 2.83. The Hall–Kier alpha value is -3.35. The fourth-order valence-electron chi connectivity index (χ4n) is 3.77. The van der Waals surface area contributed by atoms with Crippen molar-refractivity contribution < 1.29 is 9.18 Å². The van der Waals surface area contributed by atoms with Gasteiger partial charge < -0.3 is 0 Å². The molecule has 32 heavy (non-hydrogen) atoms. The number of benzene rings is 3. The highest BCUT2D eigenvalue weighted by molar-refractivity contribution is 5.94. The molecular weight excluding hydrogens is 403 g/mol. The smallest absolute Gasteiger partial charge is 0.271 e. The third-order valence-corrected chi connectivity index (χ3v) is 5.61. The van der Waals surface area contributed by atoms with Crippen LogP contribution in [0.15, 0.2) is 84.0 Å². The molecule has 0 unspecified atom stereocenters. The summed E-state index contributed by atoms with van der Waals surface area (Å²) in [5.74, 6) is -0.700. The van der Waals surface area contributed by atoms with Gasteiger partial charge in [-0.15, -0.1) is 0 Å². The predicted molar refractivity (Wildman–Crippen MR) is 125 cm³/mol. The van der Waals surface area contributed by atoms with Crippen molar-refractivity contribution in [2.24, 2.45) is 5.10 Å². The SMILES string of the molecule is O=C(N/N=C\c1ccccc1F)c1ccc(CN2CCN(Cc3ccccc3)CC2)cc1. The second-order valence-electron chi connectivity index (χ2n) is 7.96. The van der Waals surface area contributed by atoms with Crippen LogP contribution in [-0.2, 0) is 13.1 Å². The Labute approximate surface area is 188 Å². The zero-order chi connectivity index (χ0) is 22.2. The molecule has 0 radical (unpaired) electrons. The predicted octanol–water partition coefficient (Wildman–Crippen LogP) is 3.91. The van der Waals surface area contributed by atoms with E-state index in [0.717, 1.165) is 39.3 Å². The minimum atomic E-state index is -0.379. The highest BCUT2D eigenvalue weighted by Gasteiger charge is 2.17. The Kier molecular flexibility index (Phi) is 7.38. The van der Waals surface area contributed by atoms with E-state index in [9.17, 15) is 9.18 Å². The van der Waals surface area contributed by atoms with Crippen molar-refractivity contribution in [3.63, 3.8) is 0 Å². The van der Waals surface area contributed by atoms with Crippen molar-refractivity contribution in [2.45, 2.75) is 13.1 Å². The quantitative estimate of drug-likeness (QED) is 0.457. The molecule has 1 N–H and O–H groups in total. The Morgan fingerprint density at radius 3 is 2.00 bits per heavy atom. The first-order valence-corrected chi connectivity index (χ1v) is 10.8. The summed E-state index contributed by atoms with van der Waals surface area (Å²) in [4.78, 5) is 17.2. The highest BCUT2D eigenvalue weighted by Crippen LogP contribution is 2.12. The van der Waals surface area contributed by atoms with Gasteiger partial charge in [0.25, 0.3) is 5.91 Å². The number of amides is 1. The van der Waals surface area contributed by atoms with Crippen LogP contribution in [0.5, 0.6) is 0 Å². The third-order valence-electron chi connectivity index (χ3n) is 5.61. The molecule has 0 aromatic heterocycles. The van der Waals surface area contributed by atoms with Crippen LogP contribution in [0.3, 0.4) is 0 Å². The number of hydrogen-bond acceptors (Lipinski definition) is 4. The number of nitrogens with zero attached hydrogens (tertiary/aromatic N) is 3. The molecule has 164 valence electrons. The molecule has 0 atom stereocenters. The minimum Gasteiger partial charge on any atom is -0.297 e. The number of piperazine rings is 1. The van der Waals surface area contributed by atoms with Crippen LogP contribution in [0.2, 0.25) is 0 Å². The van der Waals surface area contributed by atoms with E-state index in [1.165, 1.54) is 23.4 Å². The van der Waals surface area contributed by atoms with Gasteiger partial charge in [0.05, 0.1) is 6.21 Å². The van der Waals surface area contributed by atoms with E-state index < -0.39 is 0 Å². The molecule has 6 heteroatoms. The zero-order valence-corrected chi connectivity index (χ0v) is 18.0. The molecule has 0 spiro atoms. The molecule has 1 aliphatic rings. The molecule has 1 heterocycles. The van der Waals surface area contributed by atoms with Crippen LogP contribution in [0.25, 0.3) is 0 Å². The standard InChI is InChI=1S/C26H27FN4O/c27-25-9-5-4-8-24(25)18-28-29-26(32)23-12-10-22(11-13-23)20-31-16-14-30(15-17-31)19-21-6-2-1-3-7-21/h1-13,18H,14-17,19-20H2,(H,29,32)/b28-18-.